The molecule has 0 fully saturated rings. The van der Waals surface area contributed by atoms with Crippen molar-refractivity contribution in [3.8, 4) is 5.75 Å². The van der Waals surface area contributed by atoms with E-state index < -0.39 is 5.97 Å². The van der Waals surface area contributed by atoms with Crippen molar-refractivity contribution in [2.75, 3.05) is 34.2 Å². The van der Waals surface area contributed by atoms with Crippen LogP contribution < -0.4 is 4.74 Å². The van der Waals surface area contributed by atoms with E-state index in [1.165, 1.54) is 7.11 Å². The van der Waals surface area contributed by atoms with Gasteiger partial charge in [-0.05, 0) is 12.1 Å². The molecule has 0 amide bonds. The van der Waals surface area contributed by atoms with Crippen LogP contribution in [0.1, 0.15) is 10.6 Å². The molecule has 1 aromatic heterocycles. The highest BCUT2D eigenvalue weighted by Gasteiger charge is 2.24. The third kappa shape index (κ3) is 3.47. The first-order valence-electron chi connectivity index (χ1n) is 6.17. The molecule has 0 radical (unpaired) electrons. The molecular formula is C14H15ClO6. The molecule has 1 aromatic carbocycles. The van der Waals surface area contributed by atoms with Gasteiger partial charge in [0, 0.05) is 7.11 Å². The van der Waals surface area contributed by atoms with Gasteiger partial charge in [-0.3, -0.25) is 0 Å². The number of halogens is 1. The highest BCUT2D eigenvalue weighted by atomic mass is 35.5. The first kappa shape index (κ1) is 15.6. The Morgan fingerprint density at radius 3 is 2.81 bits per heavy atom. The lowest BCUT2D eigenvalue weighted by Crippen LogP contribution is -2.09. The van der Waals surface area contributed by atoms with Crippen molar-refractivity contribution in [1.29, 1.82) is 0 Å². The van der Waals surface area contributed by atoms with Crippen molar-refractivity contribution < 1.29 is 28.2 Å². The first-order valence-corrected chi connectivity index (χ1v) is 6.55. The van der Waals surface area contributed by atoms with Crippen LogP contribution >= 0.6 is 11.6 Å². The molecule has 0 aliphatic heterocycles. The van der Waals surface area contributed by atoms with Crippen LogP contribution in [-0.4, -0.2) is 40.2 Å². The zero-order valence-corrected chi connectivity index (χ0v) is 12.4. The van der Waals surface area contributed by atoms with Gasteiger partial charge in [-0.15, -0.1) is 0 Å². The van der Waals surface area contributed by atoms with Crippen LogP contribution in [0.4, 0.5) is 0 Å². The highest BCUT2D eigenvalue weighted by molar-refractivity contribution is 6.36. The van der Waals surface area contributed by atoms with Crippen LogP contribution in [0.15, 0.2) is 22.6 Å². The summed E-state index contributed by atoms with van der Waals surface area (Å²) < 4.78 is 25.7. The zero-order chi connectivity index (χ0) is 15.2. The van der Waals surface area contributed by atoms with Crippen LogP contribution in [0.25, 0.3) is 11.0 Å². The Bertz CT molecular complexity index is 621. The standard InChI is InChI=1S/C14H15ClO6/c1-17-6-7-19-8-20-12-11-9(15)4-3-5-10(11)21-13(12)14(16)18-2/h3-5H,6-8H2,1-2H3. The SMILES string of the molecule is COCCOCOc1c(C(=O)OC)oc2cccc(Cl)c12. The Balaban J connectivity index is 2.27. The van der Waals surface area contributed by atoms with E-state index in [1.54, 1.807) is 25.3 Å². The van der Waals surface area contributed by atoms with Gasteiger partial charge in [-0.2, -0.15) is 0 Å². The lowest BCUT2D eigenvalue weighted by Gasteiger charge is -2.07. The fraction of sp³-hybridized carbons (Fsp3) is 0.357. The fourth-order valence-electron chi connectivity index (χ4n) is 1.75. The largest absolute Gasteiger partial charge is 0.463 e. The van der Waals surface area contributed by atoms with Gasteiger partial charge in [0.05, 0.1) is 30.7 Å². The molecule has 114 valence electrons. The molecule has 21 heavy (non-hydrogen) atoms. The maximum atomic E-state index is 11.8. The number of ether oxygens (including phenoxy) is 4. The quantitative estimate of drug-likeness (QED) is 0.445. The lowest BCUT2D eigenvalue weighted by atomic mass is 10.2. The molecule has 6 nitrogen and oxygen atoms in total. The number of methoxy groups -OCH3 is 2. The maximum Gasteiger partial charge on any atom is 0.377 e. The molecule has 2 rings (SSSR count). The van der Waals surface area contributed by atoms with Gasteiger partial charge in [0.1, 0.15) is 5.58 Å². The van der Waals surface area contributed by atoms with E-state index in [0.717, 1.165) is 0 Å². The average Bonchev–Trinajstić information content (AvgIpc) is 2.86. The van der Waals surface area contributed by atoms with Gasteiger partial charge in [-0.1, -0.05) is 17.7 Å². The Morgan fingerprint density at radius 2 is 2.10 bits per heavy atom. The summed E-state index contributed by atoms with van der Waals surface area (Å²) in [4.78, 5) is 11.8. The second kappa shape index (κ2) is 7.31. The third-order valence-corrected chi connectivity index (χ3v) is 3.02. The molecule has 7 heteroatoms. The van der Waals surface area contributed by atoms with Crippen LogP contribution in [0, 0.1) is 0 Å². The van der Waals surface area contributed by atoms with Gasteiger partial charge in [0.25, 0.3) is 5.76 Å². The molecule has 0 atom stereocenters. The zero-order valence-electron chi connectivity index (χ0n) is 11.7. The Morgan fingerprint density at radius 1 is 1.29 bits per heavy atom. The highest BCUT2D eigenvalue weighted by Crippen LogP contribution is 2.38. The van der Waals surface area contributed by atoms with Gasteiger partial charge in [0.15, 0.2) is 12.5 Å². The predicted molar refractivity (Wildman–Crippen MR) is 75.9 cm³/mol. The minimum absolute atomic E-state index is 0.0454. The molecule has 0 bridgehead atoms. The summed E-state index contributed by atoms with van der Waals surface area (Å²) in [5.41, 5.74) is 0.440. The molecular weight excluding hydrogens is 300 g/mol. The summed E-state index contributed by atoms with van der Waals surface area (Å²) in [5.74, 6) is -0.482. The van der Waals surface area contributed by atoms with Crippen LogP contribution in [0.2, 0.25) is 5.02 Å². The molecule has 0 saturated carbocycles. The average molecular weight is 315 g/mol. The topological polar surface area (TPSA) is 67.1 Å². The Kier molecular flexibility index (Phi) is 5.44. The molecule has 0 aliphatic carbocycles. The number of rotatable bonds is 7. The number of fused-ring (bicyclic) bond motifs is 1. The van der Waals surface area contributed by atoms with Crippen LogP contribution in [0.3, 0.4) is 0 Å². The number of carbonyl (C=O) groups is 1. The minimum Gasteiger partial charge on any atom is -0.463 e. The lowest BCUT2D eigenvalue weighted by molar-refractivity contribution is -0.00897. The molecule has 0 aliphatic rings. The Hall–Kier alpha value is -1.76. The molecule has 0 unspecified atom stereocenters. The van der Waals surface area contributed by atoms with E-state index in [0.29, 0.717) is 29.2 Å². The van der Waals surface area contributed by atoms with Crippen molar-refractivity contribution in [1.82, 2.24) is 0 Å². The van der Waals surface area contributed by atoms with Crippen molar-refractivity contribution >= 4 is 28.5 Å². The second-order valence-corrected chi connectivity index (χ2v) is 4.44. The maximum absolute atomic E-state index is 11.8. The van der Waals surface area contributed by atoms with E-state index in [-0.39, 0.29) is 18.3 Å². The number of esters is 1. The summed E-state index contributed by atoms with van der Waals surface area (Å²) in [6, 6.07) is 5.08. The van der Waals surface area contributed by atoms with Crippen molar-refractivity contribution in [2.45, 2.75) is 0 Å². The first-order chi connectivity index (χ1) is 10.2. The summed E-state index contributed by atoms with van der Waals surface area (Å²) >= 11 is 6.13. The summed E-state index contributed by atoms with van der Waals surface area (Å²) in [5, 5.41) is 0.924. The van der Waals surface area contributed by atoms with E-state index in [2.05, 4.69) is 4.74 Å². The monoisotopic (exact) mass is 314 g/mol. The number of hydrogen-bond donors (Lipinski definition) is 0. The molecule has 2 aromatic rings. The fourth-order valence-corrected chi connectivity index (χ4v) is 2.00. The number of furan rings is 1. The summed E-state index contributed by atoms with van der Waals surface area (Å²) in [6.07, 6.45) is 0. The second-order valence-electron chi connectivity index (χ2n) is 4.03. The molecule has 1 heterocycles. The number of carbonyl (C=O) groups excluding carboxylic acids is 1. The van der Waals surface area contributed by atoms with E-state index in [1.807, 2.05) is 0 Å². The predicted octanol–water partition coefficient (Wildman–Crippen LogP) is 2.87. The summed E-state index contributed by atoms with van der Waals surface area (Å²) in [6.45, 7) is 0.751. The molecule has 0 N–H and O–H groups in total. The van der Waals surface area contributed by atoms with Gasteiger partial charge >= 0.3 is 5.97 Å². The van der Waals surface area contributed by atoms with E-state index in [4.69, 9.17) is 30.2 Å². The normalized spacial score (nSPS) is 10.8. The van der Waals surface area contributed by atoms with E-state index >= 15 is 0 Å². The number of hydrogen-bond acceptors (Lipinski definition) is 6. The molecule has 0 saturated heterocycles. The number of benzene rings is 1. The van der Waals surface area contributed by atoms with Crippen LogP contribution in [-0.2, 0) is 14.2 Å². The van der Waals surface area contributed by atoms with Gasteiger partial charge in [0.2, 0.25) is 0 Å². The van der Waals surface area contributed by atoms with Gasteiger partial charge < -0.3 is 23.4 Å². The van der Waals surface area contributed by atoms with Crippen molar-refractivity contribution in [2.24, 2.45) is 0 Å². The minimum atomic E-state index is -0.644. The van der Waals surface area contributed by atoms with Crippen molar-refractivity contribution in [3.63, 3.8) is 0 Å². The van der Waals surface area contributed by atoms with Crippen molar-refractivity contribution in [3.05, 3.63) is 29.0 Å². The smallest absolute Gasteiger partial charge is 0.377 e. The summed E-state index contributed by atoms with van der Waals surface area (Å²) in [7, 11) is 2.83. The van der Waals surface area contributed by atoms with Crippen LogP contribution in [0.5, 0.6) is 5.75 Å². The molecule has 0 spiro atoms. The Labute approximate surface area is 126 Å². The third-order valence-electron chi connectivity index (χ3n) is 2.71. The van der Waals surface area contributed by atoms with E-state index in [9.17, 15) is 4.79 Å². The van der Waals surface area contributed by atoms with Gasteiger partial charge in [-0.25, -0.2) is 4.79 Å².